The summed E-state index contributed by atoms with van der Waals surface area (Å²) in [5.41, 5.74) is 4.24. The first-order valence-corrected chi connectivity index (χ1v) is 9.00. The Bertz CT molecular complexity index is 918. The molecule has 3 aromatic rings. The molecule has 2 aromatic carbocycles. The van der Waals surface area contributed by atoms with E-state index in [9.17, 15) is 13.6 Å². The second-order valence-electron chi connectivity index (χ2n) is 6.72. The van der Waals surface area contributed by atoms with E-state index in [-0.39, 0.29) is 11.3 Å². The number of pyridine rings is 1. The second kappa shape index (κ2) is 8.67. The Morgan fingerprint density at radius 1 is 0.889 bits per heavy atom. The van der Waals surface area contributed by atoms with Gasteiger partial charge in [0.15, 0.2) is 0 Å². The minimum Gasteiger partial charge on any atom is -0.299 e. The maximum absolute atomic E-state index is 13.7. The molecule has 1 heterocycles. The zero-order valence-corrected chi connectivity index (χ0v) is 15.2. The highest BCUT2D eigenvalue weighted by atomic mass is 19.1. The van der Waals surface area contributed by atoms with Gasteiger partial charge in [-0.3, -0.25) is 4.79 Å². The number of nitrogens with zero attached hydrogens (tertiary/aromatic N) is 1. The summed E-state index contributed by atoms with van der Waals surface area (Å²) in [6, 6.07) is 18.0. The Kier molecular flexibility index (Phi) is 6.07. The van der Waals surface area contributed by atoms with E-state index in [4.69, 9.17) is 0 Å². The number of hydrogen-bond acceptors (Lipinski definition) is 2. The van der Waals surface area contributed by atoms with Crippen molar-refractivity contribution in [2.75, 3.05) is 0 Å². The van der Waals surface area contributed by atoms with Gasteiger partial charge in [0.25, 0.3) is 0 Å². The largest absolute Gasteiger partial charge is 0.299 e. The van der Waals surface area contributed by atoms with Gasteiger partial charge >= 0.3 is 0 Å². The summed E-state index contributed by atoms with van der Waals surface area (Å²) in [6.07, 6.45) is 2.56. The molecule has 2 nitrogen and oxygen atoms in total. The summed E-state index contributed by atoms with van der Waals surface area (Å²) >= 11 is 0. The number of rotatable bonds is 7. The van der Waals surface area contributed by atoms with Gasteiger partial charge in [-0.15, -0.1) is 0 Å². The highest BCUT2D eigenvalue weighted by Gasteiger charge is 2.08. The van der Waals surface area contributed by atoms with E-state index in [1.807, 2.05) is 43.3 Å². The van der Waals surface area contributed by atoms with E-state index in [1.165, 1.54) is 11.6 Å². The smallest absolute Gasteiger partial charge is 0.223 e. The van der Waals surface area contributed by atoms with Gasteiger partial charge in [-0.1, -0.05) is 54.1 Å². The molecule has 0 unspecified atom stereocenters. The zero-order chi connectivity index (χ0) is 19.2. The molecule has 4 heteroatoms. The number of ketones is 1. The van der Waals surface area contributed by atoms with Gasteiger partial charge in [0, 0.05) is 18.4 Å². The summed E-state index contributed by atoms with van der Waals surface area (Å²) in [5, 5.41) is 0. The average Bonchev–Trinajstić information content (AvgIpc) is 2.64. The fourth-order valence-electron chi connectivity index (χ4n) is 2.99. The Labute approximate surface area is 157 Å². The first kappa shape index (κ1) is 18.9. The lowest BCUT2D eigenvalue weighted by molar-refractivity contribution is -0.118. The maximum Gasteiger partial charge on any atom is 0.223 e. The quantitative estimate of drug-likeness (QED) is 0.520. The van der Waals surface area contributed by atoms with Crippen LogP contribution >= 0.6 is 0 Å². The molecular formula is C23H21F2NO. The van der Waals surface area contributed by atoms with Crippen LogP contribution in [-0.2, 0) is 17.6 Å². The topological polar surface area (TPSA) is 30.0 Å². The number of carbonyl (C=O) groups is 1. The average molecular weight is 365 g/mol. The lowest BCUT2D eigenvalue weighted by Crippen LogP contribution is -2.03. The monoisotopic (exact) mass is 365 g/mol. The van der Waals surface area contributed by atoms with E-state index in [2.05, 4.69) is 4.98 Å². The fraction of sp³-hybridized carbons (Fsp3) is 0.217. The van der Waals surface area contributed by atoms with E-state index >= 15 is 0 Å². The predicted octanol–water partition coefficient (Wildman–Crippen LogP) is 5.47. The van der Waals surface area contributed by atoms with Gasteiger partial charge in [0.2, 0.25) is 11.9 Å². The van der Waals surface area contributed by atoms with E-state index in [0.717, 1.165) is 30.0 Å². The fourth-order valence-corrected chi connectivity index (χ4v) is 2.99. The van der Waals surface area contributed by atoms with Crippen LogP contribution in [0.15, 0.2) is 60.7 Å². The number of hydrogen-bond donors (Lipinski definition) is 0. The molecule has 0 aliphatic heterocycles. The van der Waals surface area contributed by atoms with E-state index < -0.39 is 11.9 Å². The minimum atomic E-state index is -0.830. The number of benzene rings is 2. The lowest BCUT2D eigenvalue weighted by Gasteiger charge is -2.06. The molecule has 1 aromatic heterocycles. The summed E-state index contributed by atoms with van der Waals surface area (Å²) < 4.78 is 26.6. The van der Waals surface area contributed by atoms with Crippen LogP contribution in [0.4, 0.5) is 8.78 Å². The van der Waals surface area contributed by atoms with Gasteiger partial charge in [0.1, 0.15) is 5.78 Å². The van der Waals surface area contributed by atoms with E-state index in [1.54, 1.807) is 12.1 Å². The Balaban J connectivity index is 1.51. The van der Waals surface area contributed by atoms with Gasteiger partial charge in [-0.2, -0.15) is 13.8 Å². The predicted molar refractivity (Wildman–Crippen MR) is 102 cm³/mol. The molecule has 0 radical (unpaired) electrons. The van der Waals surface area contributed by atoms with Gasteiger partial charge in [0.05, 0.1) is 0 Å². The Morgan fingerprint density at radius 2 is 1.56 bits per heavy atom. The molecule has 0 saturated carbocycles. The zero-order valence-electron chi connectivity index (χ0n) is 15.2. The molecule has 0 N–H and O–H groups in total. The van der Waals surface area contributed by atoms with Crippen LogP contribution in [0.1, 0.15) is 29.5 Å². The van der Waals surface area contributed by atoms with E-state index in [0.29, 0.717) is 18.4 Å². The highest BCUT2D eigenvalue weighted by molar-refractivity contribution is 5.80. The van der Waals surface area contributed by atoms with Crippen molar-refractivity contribution in [1.29, 1.82) is 0 Å². The van der Waals surface area contributed by atoms with Crippen LogP contribution in [-0.4, -0.2) is 10.8 Å². The van der Waals surface area contributed by atoms with Crippen molar-refractivity contribution in [2.45, 2.75) is 32.6 Å². The first-order valence-electron chi connectivity index (χ1n) is 9.00. The minimum absolute atomic E-state index is 0.231. The molecule has 0 amide bonds. The van der Waals surface area contributed by atoms with Crippen LogP contribution in [0.25, 0.3) is 11.1 Å². The van der Waals surface area contributed by atoms with Crippen molar-refractivity contribution in [3.05, 3.63) is 89.2 Å². The number of aromatic nitrogens is 1. The van der Waals surface area contributed by atoms with Crippen LogP contribution in [0, 0.1) is 18.8 Å². The van der Waals surface area contributed by atoms with Gasteiger partial charge < -0.3 is 0 Å². The molecule has 0 bridgehead atoms. The van der Waals surface area contributed by atoms with Crippen molar-refractivity contribution >= 4 is 5.78 Å². The second-order valence-corrected chi connectivity index (χ2v) is 6.72. The lowest BCUT2D eigenvalue weighted by atomic mass is 10.00. The van der Waals surface area contributed by atoms with Crippen LogP contribution in [0.3, 0.4) is 0 Å². The van der Waals surface area contributed by atoms with Crippen molar-refractivity contribution < 1.29 is 13.6 Å². The summed E-state index contributed by atoms with van der Waals surface area (Å²) in [7, 11) is 0. The summed E-state index contributed by atoms with van der Waals surface area (Å²) in [4.78, 5) is 15.3. The van der Waals surface area contributed by atoms with Gasteiger partial charge in [-0.25, -0.2) is 0 Å². The molecule has 0 spiro atoms. The van der Waals surface area contributed by atoms with Gasteiger partial charge in [-0.05, 0) is 48.6 Å². The van der Waals surface area contributed by atoms with Crippen LogP contribution in [0.5, 0.6) is 0 Å². The number of Topliss-reactive ketones (excluding diaryl/α,β-unsaturated/α-hetero) is 1. The third-order valence-corrected chi connectivity index (χ3v) is 4.52. The third-order valence-electron chi connectivity index (χ3n) is 4.52. The standard InChI is InChI=1S/C23H21F2NO/c1-16-5-7-18(8-6-16)15-20(27)4-2-3-17-9-11-19(12-10-17)21-13-14-22(24)26-23(21)25/h5-14H,2-4,15H2,1H3. The van der Waals surface area contributed by atoms with Crippen molar-refractivity contribution in [3.63, 3.8) is 0 Å². The van der Waals surface area contributed by atoms with Crippen molar-refractivity contribution in [2.24, 2.45) is 0 Å². The molecule has 0 fully saturated rings. The molecule has 0 saturated heterocycles. The molecular weight excluding hydrogens is 344 g/mol. The molecule has 0 aliphatic carbocycles. The van der Waals surface area contributed by atoms with Crippen molar-refractivity contribution in [3.8, 4) is 11.1 Å². The Morgan fingerprint density at radius 3 is 2.22 bits per heavy atom. The number of carbonyl (C=O) groups excluding carboxylic acids is 1. The number of halogens is 2. The first-order chi connectivity index (χ1) is 13.0. The number of aryl methyl sites for hydroxylation is 2. The molecule has 0 aliphatic rings. The maximum atomic E-state index is 13.7. The normalized spacial score (nSPS) is 10.8. The molecule has 27 heavy (non-hydrogen) atoms. The Hall–Kier alpha value is -2.88. The molecule has 3 rings (SSSR count). The highest BCUT2D eigenvalue weighted by Crippen LogP contribution is 2.22. The molecule has 138 valence electrons. The SMILES string of the molecule is Cc1ccc(CC(=O)CCCc2ccc(-c3ccc(F)nc3F)cc2)cc1. The van der Waals surface area contributed by atoms with Crippen LogP contribution < -0.4 is 0 Å². The summed E-state index contributed by atoms with van der Waals surface area (Å²) in [6.45, 7) is 2.03. The third kappa shape index (κ3) is 5.30. The molecule has 0 atom stereocenters. The van der Waals surface area contributed by atoms with Crippen molar-refractivity contribution in [1.82, 2.24) is 4.98 Å². The van der Waals surface area contributed by atoms with Crippen LogP contribution in [0.2, 0.25) is 0 Å². The summed E-state index contributed by atoms with van der Waals surface area (Å²) in [5.74, 6) is -1.41.